The van der Waals surface area contributed by atoms with Crippen LogP contribution in [0.2, 0.25) is 0 Å². The zero-order valence-corrected chi connectivity index (χ0v) is 19.4. The lowest BCUT2D eigenvalue weighted by Crippen LogP contribution is -2.28. The van der Waals surface area contributed by atoms with Crippen LogP contribution < -0.4 is 4.74 Å². The Morgan fingerprint density at radius 2 is 1.28 bits per heavy atom. The summed E-state index contributed by atoms with van der Waals surface area (Å²) in [7, 11) is 0. The number of hydrogen-bond donors (Lipinski definition) is 0. The maximum atomic E-state index is 14.7. The number of rotatable bonds is 6. The molecule has 0 unspecified atom stereocenters. The third kappa shape index (κ3) is 5.88. The van der Waals surface area contributed by atoms with Gasteiger partial charge in [-0.2, -0.15) is 22.0 Å². The molecule has 1 saturated heterocycles. The summed E-state index contributed by atoms with van der Waals surface area (Å²) in [5, 5.41) is 0. The minimum atomic E-state index is -5.36. The molecule has 3 aromatic rings. The lowest BCUT2D eigenvalue weighted by atomic mass is 10.0. The predicted octanol–water partition coefficient (Wildman–Crippen LogP) is 8.04. The number of halogens is 10. The summed E-state index contributed by atoms with van der Waals surface area (Å²) in [6, 6.07) is 3.21. The van der Waals surface area contributed by atoms with Crippen molar-refractivity contribution >= 4 is 0 Å². The van der Waals surface area contributed by atoms with Gasteiger partial charge < -0.3 is 14.2 Å². The van der Waals surface area contributed by atoms with Crippen LogP contribution in [-0.4, -0.2) is 13.2 Å². The zero-order chi connectivity index (χ0) is 28.7. The van der Waals surface area contributed by atoms with Crippen LogP contribution in [0.1, 0.15) is 23.0 Å². The molecule has 1 heterocycles. The van der Waals surface area contributed by atoms with Gasteiger partial charge in [-0.1, -0.05) is 6.08 Å². The third-order valence-corrected chi connectivity index (χ3v) is 5.71. The molecule has 4 rings (SSSR count). The van der Waals surface area contributed by atoms with Gasteiger partial charge in [0.05, 0.1) is 13.2 Å². The second-order valence-corrected chi connectivity index (χ2v) is 8.43. The van der Waals surface area contributed by atoms with Gasteiger partial charge in [0.15, 0.2) is 6.29 Å². The van der Waals surface area contributed by atoms with Crippen molar-refractivity contribution in [2.45, 2.75) is 18.6 Å². The normalized spacial score (nSPS) is 18.2. The first-order valence-electron chi connectivity index (χ1n) is 11.0. The summed E-state index contributed by atoms with van der Waals surface area (Å²) in [5.41, 5.74) is -5.55. The Bertz CT molecular complexity index is 1350. The van der Waals surface area contributed by atoms with Crippen LogP contribution in [0.4, 0.5) is 43.9 Å². The van der Waals surface area contributed by atoms with Gasteiger partial charge in [0, 0.05) is 23.1 Å². The molecule has 0 amide bonds. The standard InChI is InChI=1S/C26H16F10O3/c1-2-12-10-37-24(38-11-12)14-7-20(30)23(21(31)8-14)26(35,36)39-15-3-4-16(17(27)9-15)13-5-18(28)22(19(29)6-13)25(32,33)34/h2-9,12,24H,1,10-11H2. The fraction of sp³-hybridized carbons (Fsp3) is 0.231. The molecule has 0 saturated carbocycles. The Labute approximate surface area is 214 Å². The third-order valence-electron chi connectivity index (χ3n) is 5.71. The van der Waals surface area contributed by atoms with Gasteiger partial charge in [0.1, 0.15) is 46.0 Å². The van der Waals surface area contributed by atoms with E-state index in [1.54, 1.807) is 6.08 Å². The van der Waals surface area contributed by atoms with Crippen LogP contribution in [-0.2, 0) is 21.8 Å². The largest absolute Gasteiger partial charge is 0.432 e. The fourth-order valence-corrected chi connectivity index (χ4v) is 3.85. The van der Waals surface area contributed by atoms with Crippen LogP contribution in [0.15, 0.2) is 55.1 Å². The molecule has 0 radical (unpaired) electrons. The van der Waals surface area contributed by atoms with E-state index < -0.39 is 75.7 Å². The first kappa shape index (κ1) is 28.4. The van der Waals surface area contributed by atoms with E-state index in [-0.39, 0.29) is 36.8 Å². The maximum absolute atomic E-state index is 14.7. The van der Waals surface area contributed by atoms with E-state index in [2.05, 4.69) is 11.3 Å². The highest BCUT2D eigenvalue weighted by Gasteiger charge is 2.42. The molecular weight excluding hydrogens is 550 g/mol. The molecule has 3 nitrogen and oxygen atoms in total. The van der Waals surface area contributed by atoms with Crippen molar-refractivity contribution in [1.29, 1.82) is 0 Å². The maximum Gasteiger partial charge on any atom is 0.432 e. The average molecular weight is 566 g/mol. The monoisotopic (exact) mass is 566 g/mol. The van der Waals surface area contributed by atoms with E-state index >= 15 is 0 Å². The Balaban J connectivity index is 1.58. The van der Waals surface area contributed by atoms with Gasteiger partial charge in [-0.25, -0.2) is 22.0 Å². The van der Waals surface area contributed by atoms with E-state index in [0.29, 0.717) is 30.3 Å². The highest BCUT2D eigenvalue weighted by molar-refractivity contribution is 5.66. The number of benzene rings is 3. The molecule has 1 aliphatic rings. The second kappa shape index (κ2) is 10.5. The Kier molecular flexibility index (Phi) is 7.68. The van der Waals surface area contributed by atoms with Crippen molar-refractivity contribution in [3.63, 3.8) is 0 Å². The zero-order valence-electron chi connectivity index (χ0n) is 19.4. The lowest BCUT2D eigenvalue weighted by Gasteiger charge is -2.28. The Morgan fingerprint density at radius 3 is 1.77 bits per heavy atom. The fourth-order valence-electron chi connectivity index (χ4n) is 3.85. The van der Waals surface area contributed by atoms with Crippen molar-refractivity contribution in [2.75, 3.05) is 13.2 Å². The van der Waals surface area contributed by atoms with Crippen molar-refractivity contribution in [3.05, 3.63) is 101 Å². The van der Waals surface area contributed by atoms with Crippen LogP contribution in [0.3, 0.4) is 0 Å². The van der Waals surface area contributed by atoms with Gasteiger partial charge in [0.25, 0.3) is 0 Å². The predicted molar refractivity (Wildman–Crippen MR) is 116 cm³/mol. The second-order valence-electron chi connectivity index (χ2n) is 8.43. The minimum Gasteiger partial charge on any atom is -0.429 e. The topological polar surface area (TPSA) is 27.7 Å². The van der Waals surface area contributed by atoms with Crippen molar-refractivity contribution in [2.24, 2.45) is 5.92 Å². The number of alkyl halides is 5. The van der Waals surface area contributed by atoms with Crippen molar-refractivity contribution < 1.29 is 58.1 Å². The first-order valence-corrected chi connectivity index (χ1v) is 11.0. The first-order chi connectivity index (χ1) is 18.2. The van der Waals surface area contributed by atoms with E-state index in [0.717, 1.165) is 0 Å². The molecule has 0 bridgehead atoms. The smallest absolute Gasteiger partial charge is 0.429 e. The molecule has 0 atom stereocenters. The van der Waals surface area contributed by atoms with Crippen molar-refractivity contribution in [3.8, 4) is 16.9 Å². The molecular formula is C26H16F10O3. The molecule has 0 spiro atoms. The molecule has 39 heavy (non-hydrogen) atoms. The highest BCUT2D eigenvalue weighted by Crippen LogP contribution is 2.40. The molecule has 0 N–H and O–H groups in total. The molecule has 13 heteroatoms. The van der Waals surface area contributed by atoms with Gasteiger partial charge in [-0.15, -0.1) is 6.58 Å². The highest BCUT2D eigenvalue weighted by atomic mass is 19.4. The van der Waals surface area contributed by atoms with Gasteiger partial charge in [0.2, 0.25) is 0 Å². The van der Waals surface area contributed by atoms with Crippen LogP contribution in [0.5, 0.6) is 5.75 Å². The number of hydrogen-bond acceptors (Lipinski definition) is 3. The van der Waals surface area contributed by atoms with E-state index in [4.69, 9.17) is 9.47 Å². The number of ether oxygens (including phenoxy) is 3. The van der Waals surface area contributed by atoms with Gasteiger partial charge in [-0.3, -0.25) is 0 Å². The van der Waals surface area contributed by atoms with E-state index in [9.17, 15) is 43.9 Å². The quantitative estimate of drug-likeness (QED) is 0.223. The van der Waals surface area contributed by atoms with Gasteiger partial charge in [-0.05, 0) is 42.0 Å². The average Bonchev–Trinajstić information content (AvgIpc) is 2.82. The molecule has 1 fully saturated rings. The van der Waals surface area contributed by atoms with Crippen LogP contribution in [0.25, 0.3) is 11.1 Å². The Morgan fingerprint density at radius 1 is 0.744 bits per heavy atom. The molecule has 0 aliphatic carbocycles. The molecule has 0 aromatic heterocycles. The summed E-state index contributed by atoms with van der Waals surface area (Å²) >= 11 is 0. The summed E-state index contributed by atoms with van der Waals surface area (Å²) < 4.78 is 154. The molecule has 3 aromatic carbocycles. The SMILES string of the molecule is C=CC1COC(c2cc(F)c(C(F)(F)Oc3ccc(-c4cc(F)c(C(F)(F)F)c(F)c4)c(F)c3)c(F)c2)OC1. The summed E-state index contributed by atoms with van der Waals surface area (Å²) in [5.74, 6) is -10.0. The molecule has 1 aliphatic heterocycles. The Hall–Kier alpha value is -3.58. The summed E-state index contributed by atoms with van der Waals surface area (Å²) in [6.45, 7) is 3.79. The van der Waals surface area contributed by atoms with E-state index in [1.165, 1.54) is 0 Å². The molecule has 208 valence electrons. The van der Waals surface area contributed by atoms with E-state index in [1.807, 2.05) is 0 Å². The summed E-state index contributed by atoms with van der Waals surface area (Å²) in [6.07, 6.45) is -9.71. The minimum absolute atomic E-state index is 0.117. The van der Waals surface area contributed by atoms with Crippen LogP contribution >= 0.6 is 0 Å². The van der Waals surface area contributed by atoms with Crippen molar-refractivity contribution in [1.82, 2.24) is 0 Å². The van der Waals surface area contributed by atoms with Gasteiger partial charge >= 0.3 is 12.3 Å². The van der Waals surface area contributed by atoms with Crippen LogP contribution in [0, 0.1) is 35.0 Å². The summed E-state index contributed by atoms with van der Waals surface area (Å²) in [4.78, 5) is 0. The lowest BCUT2D eigenvalue weighted by molar-refractivity contribution is -0.198.